The SMILES string of the molecule is CCNC(=NCC1CCN(Cc2nc(C)c(C)o2)CC1)N(C)Cc1ccc(OC)c(F)c1.I. The maximum Gasteiger partial charge on any atom is 0.208 e. The molecule has 2 aromatic rings. The number of nitrogens with zero attached hydrogens (tertiary/aromatic N) is 4. The molecule has 0 atom stereocenters. The van der Waals surface area contributed by atoms with E-state index in [1.54, 1.807) is 6.07 Å². The zero-order valence-corrected chi connectivity index (χ0v) is 22.7. The van der Waals surface area contributed by atoms with Crippen LogP contribution >= 0.6 is 24.0 Å². The summed E-state index contributed by atoms with van der Waals surface area (Å²) in [5.41, 5.74) is 1.85. The zero-order chi connectivity index (χ0) is 23.1. The van der Waals surface area contributed by atoms with Gasteiger partial charge in [-0.15, -0.1) is 24.0 Å². The molecule has 2 heterocycles. The topological polar surface area (TPSA) is 66.1 Å². The summed E-state index contributed by atoms with van der Waals surface area (Å²) >= 11 is 0. The summed E-state index contributed by atoms with van der Waals surface area (Å²) in [6.07, 6.45) is 2.21. The van der Waals surface area contributed by atoms with E-state index >= 15 is 0 Å². The molecule has 7 nitrogen and oxygen atoms in total. The van der Waals surface area contributed by atoms with E-state index in [4.69, 9.17) is 14.1 Å². The van der Waals surface area contributed by atoms with E-state index in [2.05, 4.69) is 22.1 Å². The summed E-state index contributed by atoms with van der Waals surface area (Å²) in [7, 11) is 3.45. The molecule has 1 saturated heterocycles. The number of methoxy groups -OCH3 is 1. The summed E-state index contributed by atoms with van der Waals surface area (Å²) in [5, 5.41) is 3.35. The molecule has 0 bridgehead atoms. The number of piperidine rings is 1. The maximum absolute atomic E-state index is 14.0. The van der Waals surface area contributed by atoms with Crippen molar-refractivity contribution in [3.63, 3.8) is 0 Å². The minimum atomic E-state index is -0.345. The van der Waals surface area contributed by atoms with Crippen LogP contribution in [0.3, 0.4) is 0 Å². The third-order valence-electron chi connectivity index (χ3n) is 5.97. The Morgan fingerprint density at radius 2 is 2.06 bits per heavy atom. The van der Waals surface area contributed by atoms with Crippen LogP contribution in [0.4, 0.5) is 4.39 Å². The average molecular weight is 573 g/mol. The summed E-state index contributed by atoms with van der Waals surface area (Å²) in [6.45, 7) is 11.0. The van der Waals surface area contributed by atoms with E-state index < -0.39 is 0 Å². The van der Waals surface area contributed by atoms with Crippen molar-refractivity contribution < 1.29 is 13.5 Å². The van der Waals surface area contributed by atoms with Gasteiger partial charge in [-0.3, -0.25) is 9.89 Å². The van der Waals surface area contributed by atoms with Crippen molar-refractivity contribution in [2.24, 2.45) is 10.9 Å². The average Bonchev–Trinajstić information content (AvgIpc) is 3.09. The fourth-order valence-corrected chi connectivity index (χ4v) is 3.97. The zero-order valence-electron chi connectivity index (χ0n) is 20.4. The quantitative estimate of drug-likeness (QED) is 0.288. The summed E-state index contributed by atoms with van der Waals surface area (Å²) in [6, 6.07) is 5.07. The summed E-state index contributed by atoms with van der Waals surface area (Å²) in [4.78, 5) is 13.8. The molecule has 0 aliphatic carbocycles. The van der Waals surface area contributed by atoms with Crippen LogP contribution in [0.1, 0.15) is 42.7 Å². The third-order valence-corrected chi connectivity index (χ3v) is 5.97. The van der Waals surface area contributed by atoms with Crippen molar-refractivity contribution >= 4 is 29.9 Å². The molecule has 0 amide bonds. The molecule has 1 aromatic heterocycles. The molecule has 0 radical (unpaired) electrons. The minimum absolute atomic E-state index is 0. The van der Waals surface area contributed by atoms with Gasteiger partial charge >= 0.3 is 0 Å². The highest BCUT2D eigenvalue weighted by atomic mass is 127. The lowest BCUT2D eigenvalue weighted by Gasteiger charge is -2.30. The van der Waals surface area contributed by atoms with Gasteiger partial charge in [0.25, 0.3) is 0 Å². The lowest BCUT2D eigenvalue weighted by Crippen LogP contribution is -2.39. The molecule has 1 aromatic carbocycles. The second kappa shape index (κ2) is 13.1. The number of aromatic nitrogens is 1. The Morgan fingerprint density at radius 3 is 2.64 bits per heavy atom. The lowest BCUT2D eigenvalue weighted by atomic mass is 9.97. The minimum Gasteiger partial charge on any atom is -0.494 e. The fraction of sp³-hybridized carbons (Fsp3) is 0.583. The Kier molecular flexibility index (Phi) is 10.9. The van der Waals surface area contributed by atoms with Gasteiger partial charge < -0.3 is 19.4 Å². The van der Waals surface area contributed by atoms with Crippen LogP contribution in [0, 0.1) is 25.6 Å². The number of hydrogen-bond acceptors (Lipinski definition) is 5. The molecular formula is C24H37FIN5O2. The Labute approximate surface area is 213 Å². The van der Waals surface area contributed by atoms with Gasteiger partial charge in [-0.2, -0.15) is 0 Å². The Morgan fingerprint density at radius 1 is 1.33 bits per heavy atom. The third kappa shape index (κ3) is 7.84. The highest BCUT2D eigenvalue weighted by molar-refractivity contribution is 14.0. The summed E-state index contributed by atoms with van der Waals surface area (Å²) < 4.78 is 24.8. The molecule has 184 valence electrons. The van der Waals surface area contributed by atoms with Gasteiger partial charge in [0.1, 0.15) is 5.76 Å². The molecule has 0 saturated carbocycles. The van der Waals surface area contributed by atoms with Gasteiger partial charge in [0, 0.05) is 26.7 Å². The predicted octanol–water partition coefficient (Wildman–Crippen LogP) is 4.37. The maximum atomic E-state index is 14.0. The first-order valence-corrected chi connectivity index (χ1v) is 11.4. The van der Waals surface area contributed by atoms with Gasteiger partial charge in [0.15, 0.2) is 17.5 Å². The number of aryl methyl sites for hydroxylation is 2. The second-order valence-electron chi connectivity index (χ2n) is 8.49. The fourth-order valence-electron chi connectivity index (χ4n) is 3.97. The van der Waals surface area contributed by atoms with E-state index in [1.165, 1.54) is 13.2 Å². The van der Waals surface area contributed by atoms with Crippen LogP contribution in [-0.2, 0) is 13.1 Å². The van der Waals surface area contributed by atoms with Crippen LogP contribution in [-0.4, -0.2) is 61.1 Å². The second-order valence-corrected chi connectivity index (χ2v) is 8.49. The van der Waals surface area contributed by atoms with E-state index in [9.17, 15) is 4.39 Å². The van der Waals surface area contributed by atoms with E-state index in [1.807, 2.05) is 31.9 Å². The van der Waals surface area contributed by atoms with Gasteiger partial charge in [-0.1, -0.05) is 6.07 Å². The van der Waals surface area contributed by atoms with E-state index in [0.29, 0.717) is 12.5 Å². The number of guanidine groups is 1. The van der Waals surface area contributed by atoms with Crippen molar-refractivity contribution in [1.29, 1.82) is 0 Å². The molecule has 3 rings (SSSR count). The number of hydrogen-bond donors (Lipinski definition) is 1. The van der Waals surface area contributed by atoms with Crippen molar-refractivity contribution in [2.45, 2.75) is 46.7 Å². The van der Waals surface area contributed by atoms with Gasteiger partial charge in [0.05, 0.1) is 19.3 Å². The number of ether oxygens (including phenoxy) is 1. The Hall–Kier alpha value is -1.88. The number of likely N-dealkylation sites (tertiary alicyclic amines) is 1. The van der Waals surface area contributed by atoms with Crippen molar-refractivity contribution in [2.75, 3.05) is 40.3 Å². The molecular weight excluding hydrogens is 536 g/mol. The smallest absolute Gasteiger partial charge is 0.208 e. The Bertz CT molecular complexity index is 893. The first kappa shape index (κ1) is 27.4. The first-order valence-electron chi connectivity index (χ1n) is 11.4. The van der Waals surface area contributed by atoms with Crippen LogP contribution in [0.5, 0.6) is 5.75 Å². The molecule has 1 fully saturated rings. The molecule has 1 aliphatic heterocycles. The molecule has 0 spiro atoms. The Balaban J connectivity index is 0.00000385. The number of benzene rings is 1. The normalized spacial score (nSPS) is 15.3. The molecule has 0 unspecified atom stereocenters. The lowest BCUT2D eigenvalue weighted by molar-refractivity contribution is 0.166. The van der Waals surface area contributed by atoms with Crippen molar-refractivity contribution in [1.82, 2.24) is 20.1 Å². The largest absolute Gasteiger partial charge is 0.494 e. The van der Waals surface area contributed by atoms with Gasteiger partial charge in [-0.25, -0.2) is 9.37 Å². The van der Waals surface area contributed by atoms with E-state index in [0.717, 1.165) is 74.4 Å². The number of nitrogens with one attached hydrogen (secondary N) is 1. The number of oxazole rings is 1. The van der Waals surface area contributed by atoms with E-state index in [-0.39, 0.29) is 35.5 Å². The van der Waals surface area contributed by atoms with Crippen LogP contribution in [0.25, 0.3) is 0 Å². The van der Waals surface area contributed by atoms with Crippen molar-refractivity contribution in [3.8, 4) is 5.75 Å². The molecule has 9 heteroatoms. The predicted molar refractivity (Wildman–Crippen MR) is 140 cm³/mol. The molecule has 1 aliphatic rings. The van der Waals surface area contributed by atoms with Gasteiger partial charge in [0.2, 0.25) is 5.89 Å². The number of rotatable bonds is 8. The summed E-state index contributed by atoms with van der Waals surface area (Å²) in [5.74, 6) is 3.03. The van der Waals surface area contributed by atoms with Gasteiger partial charge in [-0.05, 0) is 70.3 Å². The standard InChI is InChI=1S/C24H36FN5O2.HI/c1-6-26-24(29(4)15-20-7-8-22(31-5)21(25)13-20)27-14-19-9-11-30(12-10-19)16-23-28-17(2)18(3)32-23;/h7-8,13,19H,6,9-12,14-16H2,1-5H3,(H,26,27);1H. The van der Waals surface area contributed by atoms with Crippen LogP contribution in [0.2, 0.25) is 0 Å². The molecule has 33 heavy (non-hydrogen) atoms. The first-order chi connectivity index (χ1) is 15.4. The van der Waals surface area contributed by atoms with Crippen molar-refractivity contribution in [3.05, 3.63) is 46.9 Å². The number of halogens is 2. The van der Waals surface area contributed by atoms with Crippen LogP contribution < -0.4 is 10.1 Å². The van der Waals surface area contributed by atoms with Crippen LogP contribution in [0.15, 0.2) is 27.6 Å². The highest BCUT2D eigenvalue weighted by Gasteiger charge is 2.21. The monoisotopic (exact) mass is 573 g/mol. The highest BCUT2D eigenvalue weighted by Crippen LogP contribution is 2.21. The molecule has 1 N–H and O–H groups in total. The number of aliphatic imine (C=N–C) groups is 1.